The molecule has 3 rings (SSSR count). The summed E-state index contributed by atoms with van der Waals surface area (Å²) in [6, 6.07) is 8.29. The molecule has 0 amide bonds. The molecule has 2 heterocycles. The third-order valence-electron chi connectivity index (χ3n) is 3.21. The van der Waals surface area contributed by atoms with Gasteiger partial charge in [-0.05, 0) is 24.5 Å². The lowest BCUT2D eigenvalue weighted by molar-refractivity contribution is 0.280. The number of hydrogen-bond acceptors (Lipinski definition) is 3. The number of ether oxygens (including phenoxy) is 3. The fourth-order valence-electron chi connectivity index (χ4n) is 1.94. The summed E-state index contributed by atoms with van der Waals surface area (Å²) >= 11 is 0. The van der Waals surface area contributed by atoms with Crippen molar-refractivity contribution in [1.82, 2.24) is 0 Å². The minimum atomic E-state index is 0.446. The number of para-hydroxylation sites is 1. The maximum atomic E-state index is 5.82. The van der Waals surface area contributed by atoms with E-state index in [2.05, 4.69) is 18.2 Å². The maximum absolute atomic E-state index is 5.82. The predicted molar refractivity (Wildman–Crippen MR) is 64.4 cm³/mol. The SMILES string of the molecule is c1ccc(OCCC2CO2)c(CCC2CO2)c1. The average Bonchev–Trinajstić information content (AvgIpc) is 3.23. The van der Waals surface area contributed by atoms with Crippen molar-refractivity contribution in [1.29, 1.82) is 0 Å². The minimum absolute atomic E-state index is 0.446. The van der Waals surface area contributed by atoms with E-state index in [1.165, 1.54) is 5.56 Å². The molecular formula is C14H18O3. The van der Waals surface area contributed by atoms with Crippen LogP contribution in [-0.2, 0) is 15.9 Å². The molecule has 2 unspecified atom stereocenters. The van der Waals surface area contributed by atoms with Crippen molar-refractivity contribution in [2.45, 2.75) is 31.5 Å². The highest BCUT2D eigenvalue weighted by atomic mass is 16.6. The van der Waals surface area contributed by atoms with Crippen LogP contribution in [0.25, 0.3) is 0 Å². The van der Waals surface area contributed by atoms with Gasteiger partial charge in [-0.1, -0.05) is 18.2 Å². The Kier molecular flexibility index (Phi) is 3.29. The molecule has 0 aromatic heterocycles. The standard InChI is InChI=1S/C14H18O3/c1-2-4-14(15-8-7-13-10-17-13)11(3-1)5-6-12-9-16-12/h1-4,12-13H,5-10H2. The van der Waals surface area contributed by atoms with E-state index in [1.54, 1.807) is 0 Å². The zero-order valence-electron chi connectivity index (χ0n) is 9.93. The Balaban J connectivity index is 1.52. The molecule has 2 atom stereocenters. The van der Waals surface area contributed by atoms with E-state index in [1.807, 2.05) is 6.07 Å². The summed E-state index contributed by atoms with van der Waals surface area (Å²) in [6.07, 6.45) is 4.08. The third kappa shape index (κ3) is 3.45. The molecule has 2 saturated heterocycles. The van der Waals surface area contributed by atoms with E-state index in [9.17, 15) is 0 Å². The number of hydrogen-bond donors (Lipinski definition) is 0. The summed E-state index contributed by atoms with van der Waals surface area (Å²) in [7, 11) is 0. The van der Waals surface area contributed by atoms with Gasteiger partial charge in [0.1, 0.15) is 5.75 Å². The largest absolute Gasteiger partial charge is 0.493 e. The van der Waals surface area contributed by atoms with Crippen molar-refractivity contribution >= 4 is 0 Å². The van der Waals surface area contributed by atoms with Gasteiger partial charge in [-0.2, -0.15) is 0 Å². The Morgan fingerprint density at radius 1 is 1.06 bits per heavy atom. The molecule has 3 nitrogen and oxygen atoms in total. The highest BCUT2D eigenvalue weighted by Gasteiger charge is 2.23. The van der Waals surface area contributed by atoms with Crippen LogP contribution in [0.5, 0.6) is 5.75 Å². The summed E-state index contributed by atoms with van der Waals surface area (Å²) < 4.78 is 16.2. The first-order valence-electron chi connectivity index (χ1n) is 6.36. The van der Waals surface area contributed by atoms with Crippen molar-refractivity contribution in [3.8, 4) is 5.75 Å². The predicted octanol–water partition coefficient (Wildman–Crippen LogP) is 2.19. The first-order valence-corrected chi connectivity index (χ1v) is 6.36. The molecule has 0 spiro atoms. The molecule has 0 bridgehead atoms. The van der Waals surface area contributed by atoms with Crippen molar-refractivity contribution in [3.05, 3.63) is 29.8 Å². The number of benzene rings is 1. The van der Waals surface area contributed by atoms with Crippen LogP contribution < -0.4 is 4.74 Å². The van der Waals surface area contributed by atoms with Gasteiger partial charge in [-0.25, -0.2) is 0 Å². The van der Waals surface area contributed by atoms with Gasteiger partial charge in [0.15, 0.2) is 0 Å². The molecule has 0 aliphatic carbocycles. The van der Waals surface area contributed by atoms with E-state index in [0.717, 1.165) is 44.8 Å². The second kappa shape index (κ2) is 5.07. The van der Waals surface area contributed by atoms with E-state index in [-0.39, 0.29) is 0 Å². The van der Waals surface area contributed by atoms with Gasteiger partial charge in [-0.3, -0.25) is 0 Å². The second-order valence-corrected chi connectivity index (χ2v) is 4.69. The molecule has 0 saturated carbocycles. The van der Waals surface area contributed by atoms with Crippen LogP contribution in [0.4, 0.5) is 0 Å². The first-order chi connectivity index (χ1) is 8.42. The van der Waals surface area contributed by atoms with Crippen LogP contribution in [-0.4, -0.2) is 32.0 Å². The van der Waals surface area contributed by atoms with Crippen LogP contribution in [0.1, 0.15) is 18.4 Å². The fourth-order valence-corrected chi connectivity index (χ4v) is 1.94. The highest BCUT2D eigenvalue weighted by molar-refractivity contribution is 5.33. The normalized spacial score (nSPS) is 25.6. The van der Waals surface area contributed by atoms with Crippen LogP contribution >= 0.6 is 0 Å². The van der Waals surface area contributed by atoms with Gasteiger partial charge >= 0.3 is 0 Å². The molecular weight excluding hydrogens is 216 g/mol. The summed E-state index contributed by atoms with van der Waals surface area (Å²) in [5.74, 6) is 1.02. The zero-order chi connectivity index (χ0) is 11.5. The van der Waals surface area contributed by atoms with Gasteiger partial charge in [0.25, 0.3) is 0 Å². The molecule has 92 valence electrons. The maximum Gasteiger partial charge on any atom is 0.122 e. The van der Waals surface area contributed by atoms with E-state index < -0.39 is 0 Å². The molecule has 3 heteroatoms. The van der Waals surface area contributed by atoms with Crippen LogP contribution in [0, 0.1) is 0 Å². The zero-order valence-corrected chi connectivity index (χ0v) is 9.93. The summed E-state index contributed by atoms with van der Waals surface area (Å²) in [5, 5.41) is 0. The molecule has 1 aromatic carbocycles. The monoisotopic (exact) mass is 234 g/mol. The first kappa shape index (κ1) is 11.1. The summed E-state index contributed by atoms with van der Waals surface area (Å²) in [5.41, 5.74) is 1.29. The Hall–Kier alpha value is -1.06. The van der Waals surface area contributed by atoms with Crippen molar-refractivity contribution < 1.29 is 14.2 Å². The van der Waals surface area contributed by atoms with Crippen molar-refractivity contribution in [3.63, 3.8) is 0 Å². The molecule has 17 heavy (non-hydrogen) atoms. The van der Waals surface area contributed by atoms with Gasteiger partial charge in [0, 0.05) is 6.42 Å². The Morgan fingerprint density at radius 2 is 1.76 bits per heavy atom. The topological polar surface area (TPSA) is 34.3 Å². The molecule has 2 fully saturated rings. The van der Waals surface area contributed by atoms with Crippen LogP contribution in [0.15, 0.2) is 24.3 Å². The third-order valence-corrected chi connectivity index (χ3v) is 3.21. The van der Waals surface area contributed by atoms with Crippen LogP contribution in [0.3, 0.4) is 0 Å². The Bertz CT molecular complexity index is 369. The lowest BCUT2D eigenvalue weighted by atomic mass is 10.1. The average molecular weight is 234 g/mol. The van der Waals surface area contributed by atoms with E-state index in [0.29, 0.717) is 12.2 Å². The smallest absolute Gasteiger partial charge is 0.122 e. The second-order valence-electron chi connectivity index (χ2n) is 4.69. The molecule has 2 aliphatic heterocycles. The van der Waals surface area contributed by atoms with E-state index >= 15 is 0 Å². The summed E-state index contributed by atoms with van der Waals surface area (Å²) in [6.45, 7) is 2.59. The number of aryl methyl sites for hydroxylation is 1. The van der Waals surface area contributed by atoms with Crippen LogP contribution in [0.2, 0.25) is 0 Å². The number of rotatable bonds is 7. The van der Waals surface area contributed by atoms with Gasteiger partial charge in [0.2, 0.25) is 0 Å². The van der Waals surface area contributed by atoms with Gasteiger partial charge < -0.3 is 14.2 Å². The number of epoxide rings is 2. The molecule has 0 N–H and O–H groups in total. The molecule has 1 aromatic rings. The quantitative estimate of drug-likeness (QED) is 0.678. The fraction of sp³-hybridized carbons (Fsp3) is 0.571. The lowest BCUT2D eigenvalue weighted by Crippen LogP contribution is -2.03. The van der Waals surface area contributed by atoms with E-state index in [4.69, 9.17) is 14.2 Å². The van der Waals surface area contributed by atoms with Gasteiger partial charge in [-0.15, -0.1) is 0 Å². The van der Waals surface area contributed by atoms with Gasteiger partial charge in [0.05, 0.1) is 32.0 Å². The highest BCUT2D eigenvalue weighted by Crippen LogP contribution is 2.24. The lowest BCUT2D eigenvalue weighted by Gasteiger charge is -2.10. The Morgan fingerprint density at radius 3 is 2.53 bits per heavy atom. The van der Waals surface area contributed by atoms with Crippen molar-refractivity contribution in [2.24, 2.45) is 0 Å². The molecule has 2 aliphatic rings. The minimum Gasteiger partial charge on any atom is -0.493 e. The summed E-state index contributed by atoms with van der Waals surface area (Å²) in [4.78, 5) is 0. The Labute approximate surface area is 102 Å². The molecule has 0 radical (unpaired) electrons. The van der Waals surface area contributed by atoms with Crippen molar-refractivity contribution in [2.75, 3.05) is 19.8 Å².